The molecule has 0 amide bonds. The van der Waals surface area contributed by atoms with Gasteiger partial charge in [0.2, 0.25) is 4.80 Å². The van der Waals surface area contributed by atoms with Crippen molar-refractivity contribution in [3.05, 3.63) is 16.6 Å². The van der Waals surface area contributed by atoms with E-state index in [0.29, 0.717) is 4.80 Å². The topological polar surface area (TPSA) is 49.6 Å². The average molecular weight is 113 g/mol. The van der Waals surface area contributed by atoms with Crippen LogP contribution in [-0.4, -0.2) is 9.97 Å². The summed E-state index contributed by atoms with van der Waals surface area (Å²) in [7, 11) is 0. The van der Waals surface area contributed by atoms with Crippen LogP contribution >= 0.6 is 11.3 Å². The van der Waals surface area contributed by atoms with E-state index in [4.69, 9.17) is 5.41 Å². The summed E-state index contributed by atoms with van der Waals surface area (Å²) in [5.41, 5.74) is 1.58. The van der Waals surface area contributed by atoms with Crippen molar-refractivity contribution in [2.75, 3.05) is 0 Å². The molecule has 0 aliphatic heterocycles. The van der Waals surface area contributed by atoms with Gasteiger partial charge in [-0.15, -0.1) is 0 Å². The van der Waals surface area contributed by atoms with Gasteiger partial charge in [-0.3, -0.25) is 5.41 Å². The molecule has 0 aliphatic rings. The Morgan fingerprint density at radius 3 is 2.86 bits per heavy atom. The molecule has 0 fully saturated rings. The molecule has 1 heterocycles. The molecular weight excluding hydrogens is 110 g/mol. The van der Waals surface area contributed by atoms with Gasteiger partial charge < -0.3 is 0 Å². The first-order valence-corrected chi connectivity index (χ1v) is 2.57. The van der Waals surface area contributed by atoms with Crippen LogP contribution in [0, 0.1) is 5.41 Å². The molecule has 1 rings (SSSR count). The number of aromatic nitrogens is 2. The molecule has 4 heteroatoms. The number of rotatable bonds is 0. The normalized spacial score (nSPS) is 8.57. The van der Waals surface area contributed by atoms with Crippen LogP contribution in [0.3, 0.4) is 0 Å². The average Bonchev–Trinajstić information content (AvgIpc) is 1.69. The van der Waals surface area contributed by atoms with E-state index in [2.05, 4.69) is 9.97 Å². The minimum absolute atomic E-state index is 0.301. The number of nitrogens with one attached hydrogen (secondary N) is 1. The molecule has 7 heavy (non-hydrogen) atoms. The van der Waals surface area contributed by atoms with Crippen LogP contribution in [0.25, 0.3) is 0 Å². The van der Waals surface area contributed by atoms with Crippen LogP contribution in [0.15, 0.2) is 11.8 Å². The molecule has 0 saturated carbocycles. The maximum absolute atomic E-state index is 6.86. The summed E-state index contributed by atoms with van der Waals surface area (Å²) in [4.78, 5) is 7.49. The van der Waals surface area contributed by atoms with Crippen LogP contribution in [0.5, 0.6) is 0 Å². The molecule has 3 nitrogen and oxygen atoms in total. The molecule has 1 aromatic rings. The Balaban J connectivity index is 3.28. The van der Waals surface area contributed by atoms with Crippen molar-refractivity contribution >= 4 is 11.3 Å². The molecule has 0 saturated heterocycles. The van der Waals surface area contributed by atoms with E-state index in [9.17, 15) is 0 Å². The molecule has 0 spiro atoms. The summed E-state index contributed by atoms with van der Waals surface area (Å²) >= 11 is 1.21. The zero-order valence-electron chi connectivity index (χ0n) is 3.46. The smallest absolute Gasteiger partial charge is 0.204 e. The third-order valence-electron chi connectivity index (χ3n) is 0.467. The van der Waals surface area contributed by atoms with Gasteiger partial charge in [-0.25, -0.2) is 9.97 Å². The molecule has 0 unspecified atom stereocenters. The number of hydrogen-bond acceptors (Lipinski definition) is 4. The lowest BCUT2D eigenvalue weighted by atomic mass is 11.2. The van der Waals surface area contributed by atoms with Crippen LogP contribution in [0.4, 0.5) is 0 Å². The van der Waals surface area contributed by atoms with E-state index in [1.165, 1.54) is 17.7 Å². The quantitative estimate of drug-likeness (QED) is 0.515. The third-order valence-corrected chi connectivity index (χ3v) is 1.02. The highest BCUT2D eigenvalue weighted by Gasteiger charge is 1.69. The highest BCUT2D eigenvalue weighted by Crippen LogP contribution is 1.71. The van der Waals surface area contributed by atoms with Crippen LogP contribution in [-0.2, 0) is 0 Å². The van der Waals surface area contributed by atoms with Crippen LogP contribution in [0.1, 0.15) is 0 Å². The summed E-state index contributed by atoms with van der Waals surface area (Å²) in [6.45, 7) is 0. The van der Waals surface area contributed by atoms with Crippen molar-refractivity contribution in [1.82, 2.24) is 9.97 Å². The minimum Gasteiger partial charge on any atom is -0.273 e. The van der Waals surface area contributed by atoms with Gasteiger partial charge in [-0.2, -0.15) is 0 Å². The van der Waals surface area contributed by atoms with Crippen molar-refractivity contribution in [2.45, 2.75) is 0 Å². The van der Waals surface area contributed by atoms with E-state index in [0.717, 1.165) is 0 Å². The molecule has 0 aromatic carbocycles. The molecule has 0 aliphatic carbocycles. The van der Waals surface area contributed by atoms with Crippen molar-refractivity contribution in [3.8, 4) is 0 Å². The van der Waals surface area contributed by atoms with E-state index in [1.54, 1.807) is 5.51 Å². The van der Waals surface area contributed by atoms with Crippen LogP contribution < -0.4 is 4.80 Å². The Bertz CT molecular complexity index is 176. The SMILES string of the molecule is N=c1ncncs1. The first-order valence-electron chi connectivity index (χ1n) is 1.69. The predicted molar refractivity (Wildman–Crippen MR) is 25.8 cm³/mol. The maximum atomic E-state index is 6.86. The summed E-state index contributed by atoms with van der Waals surface area (Å²) in [5.74, 6) is 0. The maximum Gasteiger partial charge on any atom is 0.204 e. The summed E-state index contributed by atoms with van der Waals surface area (Å²) < 4.78 is 0. The number of nitrogens with zero attached hydrogens (tertiary/aromatic N) is 2. The minimum atomic E-state index is 0.301. The Hall–Kier alpha value is -0.770. The van der Waals surface area contributed by atoms with Gasteiger partial charge >= 0.3 is 0 Å². The van der Waals surface area contributed by atoms with Crippen molar-refractivity contribution in [3.63, 3.8) is 0 Å². The highest BCUT2D eigenvalue weighted by atomic mass is 32.1. The fourth-order valence-electron chi connectivity index (χ4n) is 0.224. The second-order valence-corrected chi connectivity index (χ2v) is 1.76. The second kappa shape index (κ2) is 1.79. The summed E-state index contributed by atoms with van der Waals surface area (Å²) in [6, 6.07) is 0. The van der Waals surface area contributed by atoms with Crippen molar-refractivity contribution in [2.24, 2.45) is 0 Å². The summed E-state index contributed by atoms with van der Waals surface area (Å²) in [6.07, 6.45) is 1.36. The van der Waals surface area contributed by atoms with E-state index in [-0.39, 0.29) is 0 Å². The predicted octanol–water partition coefficient (Wildman–Crippen LogP) is 0.0176. The van der Waals surface area contributed by atoms with E-state index in [1.807, 2.05) is 0 Å². The highest BCUT2D eigenvalue weighted by molar-refractivity contribution is 7.06. The summed E-state index contributed by atoms with van der Waals surface area (Å²) in [5, 5.41) is 6.86. The fraction of sp³-hybridized carbons (Fsp3) is 0. The fourth-order valence-corrected chi connectivity index (χ4v) is 0.547. The Labute approximate surface area is 44.2 Å². The van der Waals surface area contributed by atoms with Crippen molar-refractivity contribution in [1.29, 1.82) is 5.41 Å². The molecule has 0 atom stereocenters. The first-order chi connectivity index (χ1) is 3.39. The van der Waals surface area contributed by atoms with Crippen molar-refractivity contribution < 1.29 is 0 Å². The lowest BCUT2D eigenvalue weighted by Gasteiger charge is -1.72. The Morgan fingerprint density at radius 2 is 2.57 bits per heavy atom. The molecule has 0 radical (unpaired) electrons. The lowest BCUT2D eigenvalue weighted by Crippen LogP contribution is -1.96. The van der Waals surface area contributed by atoms with Crippen LogP contribution in [0.2, 0.25) is 0 Å². The van der Waals surface area contributed by atoms with E-state index < -0.39 is 0 Å². The van der Waals surface area contributed by atoms with Gasteiger partial charge in [-0.1, -0.05) is 11.3 Å². The molecule has 1 aromatic heterocycles. The molecule has 1 N–H and O–H groups in total. The molecule has 0 bridgehead atoms. The zero-order valence-corrected chi connectivity index (χ0v) is 4.27. The van der Waals surface area contributed by atoms with Gasteiger partial charge in [0.25, 0.3) is 0 Å². The third kappa shape index (κ3) is 1.04. The molecule has 36 valence electrons. The zero-order chi connectivity index (χ0) is 5.11. The standard InChI is InChI=1S/C3H3N3S/c4-3-6-1-5-2-7-3/h1-2,4H. The van der Waals surface area contributed by atoms with Gasteiger partial charge in [0, 0.05) is 0 Å². The largest absolute Gasteiger partial charge is 0.273 e. The van der Waals surface area contributed by atoms with Gasteiger partial charge in [0.05, 0.1) is 5.51 Å². The second-order valence-electron chi connectivity index (χ2n) is 0.922. The Kier molecular flexibility index (Phi) is 1.12. The first kappa shape index (κ1) is 4.39. The van der Waals surface area contributed by atoms with Gasteiger partial charge in [0.1, 0.15) is 6.33 Å². The molecular formula is C3H3N3S. The van der Waals surface area contributed by atoms with Gasteiger partial charge in [-0.05, 0) is 0 Å². The van der Waals surface area contributed by atoms with E-state index >= 15 is 0 Å². The Morgan fingerprint density at radius 1 is 1.71 bits per heavy atom. The number of hydrogen-bond donors (Lipinski definition) is 1. The lowest BCUT2D eigenvalue weighted by molar-refractivity contribution is 1.10. The monoisotopic (exact) mass is 113 g/mol. The van der Waals surface area contributed by atoms with Gasteiger partial charge in [0.15, 0.2) is 0 Å².